The minimum Gasteiger partial charge on any atom is -0.507 e. The minimum absolute atomic E-state index is 0.00142. The number of hydrogen-bond acceptors (Lipinski definition) is 8. The predicted octanol–water partition coefficient (Wildman–Crippen LogP) is 1.24. The molecule has 2 aromatic carbocycles. The third-order valence-electron chi connectivity index (χ3n) is 3.79. The molecule has 3 aromatic rings. The number of rotatable bonds is 5. The Balaban J connectivity index is 2.33. The Morgan fingerprint density at radius 1 is 1.08 bits per heavy atom. The molecular weight excluding hydrogens is 340 g/mol. The van der Waals surface area contributed by atoms with Crippen molar-refractivity contribution >= 4 is 34.3 Å². The first kappa shape index (κ1) is 17.4. The van der Waals surface area contributed by atoms with Gasteiger partial charge in [-0.2, -0.15) is 0 Å². The molecule has 3 rings (SSSR count). The second-order valence-corrected chi connectivity index (χ2v) is 5.52. The number of aromatic hydroxyl groups is 3. The maximum absolute atomic E-state index is 11.4. The molecule has 0 atom stereocenters. The lowest BCUT2D eigenvalue weighted by Gasteiger charge is -2.10. The fourth-order valence-electron chi connectivity index (χ4n) is 2.52. The molecule has 0 aliphatic carbocycles. The van der Waals surface area contributed by atoms with E-state index in [0.29, 0.717) is 13.1 Å². The van der Waals surface area contributed by atoms with Crippen LogP contribution in [0.4, 0.5) is 0 Å². The lowest BCUT2D eigenvalue weighted by Crippen LogP contribution is -2.10. The molecule has 134 valence electrons. The molecule has 0 fully saturated rings. The zero-order chi connectivity index (χ0) is 18.8. The molecule has 0 bridgehead atoms. The van der Waals surface area contributed by atoms with Crippen molar-refractivity contribution in [2.24, 2.45) is 4.99 Å². The molecule has 1 heterocycles. The molecular formula is C17H16N4O5. The van der Waals surface area contributed by atoms with Crippen molar-refractivity contribution in [3.8, 4) is 17.2 Å². The van der Waals surface area contributed by atoms with Gasteiger partial charge in [0.2, 0.25) is 0 Å². The maximum Gasteiger partial charge on any atom is 0.337 e. The van der Waals surface area contributed by atoms with Crippen molar-refractivity contribution in [2.75, 3.05) is 20.1 Å². The predicted molar refractivity (Wildman–Crippen MR) is 95.4 cm³/mol. The normalized spacial score (nSPS) is 11.6. The van der Waals surface area contributed by atoms with Crippen LogP contribution in [0.25, 0.3) is 22.1 Å². The molecule has 5 N–H and O–H groups in total. The first-order chi connectivity index (χ1) is 12.4. The number of carbonyl (C=O) groups is 1. The van der Waals surface area contributed by atoms with Crippen LogP contribution in [-0.4, -0.2) is 62.7 Å². The van der Waals surface area contributed by atoms with Crippen LogP contribution in [0.1, 0.15) is 15.9 Å². The van der Waals surface area contributed by atoms with E-state index >= 15 is 0 Å². The Morgan fingerprint density at radius 2 is 1.77 bits per heavy atom. The summed E-state index contributed by atoms with van der Waals surface area (Å²) in [6.45, 7) is 1.08. The number of aliphatic imine (C=N–C) groups is 1. The number of carboxylic acids is 1. The smallest absolute Gasteiger partial charge is 0.337 e. The molecule has 9 nitrogen and oxygen atoms in total. The third-order valence-corrected chi connectivity index (χ3v) is 3.79. The zero-order valence-corrected chi connectivity index (χ0v) is 13.8. The van der Waals surface area contributed by atoms with E-state index < -0.39 is 5.97 Å². The SMILES string of the molecule is CNCC/N=C/c1c(O)cc(O)c2nc3c(C(=O)O)ccc(O)c3nc12. The Morgan fingerprint density at radius 3 is 2.46 bits per heavy atom. The molecule has 0 saturated carbocycles. The van der Waals surface area contributed by atoms with E-state index in [9.17, 15) is 25.2 Å². The van der Waals surface area contributed by atoms with Crippen molar-refractivity contribution in [1.82, 2.24) is 15.3 Å². The highest BCUT2D eigenvalue weighted by molar-refractivity contribution is 6.08. The van der Waals surface area contributed by atoms with Gasteiger partial charge in [0.1, 0.15) is 39.3 Å². The molecule has 0 radical (unpaired) electrons. The van der Waals surface area contributed by atoms with Gasteiger partial charge in [0.25, 0.3) is 0 Å². The van der Waals surface area contributed by atoms with Crippen LogP contribution >= 0.6 is 0 Å². The van der Waals surface area contributed by atoms with Gasteiger partial charge in [-0.05, 0) is 19.2 Å². The van der Waals surface area contributed by atoms with Crippen LogP contribution < -0.4 is 5.32 Å². The summed E-state index contributed by atoms with van der Waals surface area (Å²) in [4.78, 5) is 24.0. The molecule has 0 spiro atoms. The van der Waals surface area contributed by atoms with E-state index in [0.717, 1.165) is 6.07 Å². The van der Waals surface area contributed by atoms with E-state index in [4.69, 9.17) is 0 Å². The number of carboxylic acid groups (broad SMARTS) is 1. The topological polar surface area (TPSA) is 148 Å². The number of nitrogens with one attached hydrogen (secondary N) is 1. The van der Waals surface area contributed by atoms with E-state index in [-0.39, 0.29) is 50.4 Å². The number of benzene rings is 2. The number of fused-ring (bicyclic) bond motifs is 2. The fourth-order valence-corrected chi connectivity index (χ4v) is 2.52. The van der Waals surface area contributed by atoms with Gasteiger partial charge in [-0.3, -0.25) is 4.99 Å². The molecule has 9 heteroatoms. The summed E-state index contributed by atoms with van der Waals surface area (Å²) in [5, 5.41) is 42.5. The lowest BCUT2D eigenvalue weighted by molar-refractivity contribution is 0.0699. The van der Waals surface area contributed by atoms with Gasteiger partial charge < -0.3 is 25.7 Å². The zero-order valence-electron chi connectivity index (χ0n) is 13.8. The molecule has 0 saturated heterocycles. The number of hydrogen-bond donors (Lipinski definition) is 5. The number of phenolic OH excluding ortho intramolecular Hbond substituents is 3. The van der Waals surface area contributed by atoms with Crippen molar-refractivity contribution in [3.05, 3.63) is 29.3 Å². The highest BCUT2D eigenvalue weighted by Gasteiger charge is 2.19. The summed E-state index contributed by atoms with van der Waals surface area (Å²) in [5.74, 6) is -2.12. The van der Waals surface area contributed by atoms with Crippen LogP contribution in [0, 0.1) is 0 Å². The number of likely N-dealkylation sites (N-methyl/N-ethyl adjacent to an activating group) is 1. The number of phenols is 3. The van der Waals surface area contributed by atoms with Gasteiger partial charge in [0, 0.05) is 18.8 Å². The molecule has 0 amide bonds. The quantitative estimate of drug-likeness (QED) is 0.260. The van der Waals surface area contributed by atoms with Crippen LogP contribution in [0.2, 0.25) is 0 Å². The van der Waals surface area contributed by atoms with Crippen LogP contribution in [0.3, 0.4) is 0 Å². The standard InChI is InChI=1S/C17H16N4O5/c1-18-4-5-19-7-9-11(23)6-12(24)16-14(9)21-15-10(22)3-2-8(17(25)26)13(15)20-16/h2-3,6-7,18,22-24H,4-5H2,1H3,(H,25,26)/b19-7+. The first-order valence-electron chi connectivity index (χ1n) is 7.70. The second kappa shape index (κ2) is 6.81. The van der Waals surface area contributed by atoms with Gasteiger partial charge in [-0.1, -0.05) is 0 Å². The third kappa shape index (κ3) is 2.95. The van der Waals surface area contributed by atoms with Gasteiger partial charge in [0.15, 0.2) is 0 Å². The van der Waals surface area contributed by atoms with E-state index in [1.807, 2.05) is 0 Å². The Labute approximate surface area is 147 Å². The summed E-state index contributed by atoms with van der Waals surface area (Å²) in [6, 6.07) is 3.50. The second-order valence-electron chi connectivity index (χ2n) is 5.52. The summed E-state index contributed by atoms with van der Waals surface area (Å²) < 4.78 is 0. The van der Waals surface area contributed by atoms with E-state index in [1.165, 1.54) is 18.3 Å². The Hall–Kier alpha value is -3.46. The van der Waals surface area contributed by atoms with Crippen molar-refractivity contribution in [1.29, 1.82) is 0 Å². The van der Waals surface area contributed by atoms with Crippen LogP contribution in [0.15, 0.2) is 23.2 Å². The fraction of sp³-hybridized carbons (Fsp3) is 0.176. The van der Waals surface area contributed by atoms with Crippen molar-refractivity contribution in [3.63, 3.8) is 0 Å². The Kier molecular flexibility index (Phi) is 4.55. The molecule has 0 unspecified atom stereocenters. The number of aromatic carboxylic acids is 1. The number of aromatic nitrogens is 2. The highest BCUT2D eigenvalue weighted by atomic mass is 16.4. The monoisotopic (exact) mass is 356 g/mol. The first-order valence-corrected chi connectivity index (χ1v) is 7.70. The van der Waals surface area contributed by atoms with Crippen molar-refractivity contribution in [2.45, 2.75) is 0 Å². The van der Waals surface area contributed by atoms with Gasteiger partial charge >= 0.3 is 5.97 Å². The molecule has 1 aromatic heterocycles. The van der Waals surface area contributed by atoms with Gasteiger partial charge in [-0.25, -0.2) is 14.8 Å². The van der Waals surface area contributed by atoms with Crippen LogP contribution in [-0.2, 0) is 0 Å². The number of nitrogens with zero attached hydrogens (tertiary/aromatic N) is 3. The van der Waals surface area contributed by atoms with Gasteiger partial charge in [-0.15, -0.1) is 0 Å². The van der Waals surface area contributed by atoms with Crippen molar-refractivity contribution < 1.29 is 25.2 Å². The summed E-state index contributed by atoms with van der Waals surface area (Å²) in [7, 11) is 1.78. The molecule has 26 heavy (non-hydrogen) atoms. The average Bonchev–Trinajstić information content (AvgIpc) is 2.60. The Bertz CT molecular complexity index is 1050. The largest absolute Gasteiger partial charge is 0.507 e. The maximum atomic E-state index is 11.4. The summed E-state index contributed by atoms with van der Waals surface area (Å²) in [5.41, 5.74) is 0.0307. The minimum atomic E-state index is -1.24. The summed E-state index contributed by atoms with van der Waals surface area (Å²) >= 11 is 0. The highest BCUT2D eigenvalue weighted by Crippen LogP contribution is 2.35. The van der Waals surface area contributed by atoms with Crippen LogP contribution in [0.5, 0.6) is 17.2 Å². The van der Waals surface area contributed by atoms with E-state index in [1.54, 1.807) is 7.05 Å². The average molecular weight is 356 g/mol. The molecule has 0 aliphatic rings. The molecule has 0 aliphatic heterocycles. The van der Waals surface area contributed by atoms with E-state index in [2.05, 4.69) is 20.3 Å². The van der Waals surface area contributed by atoms with Gasteiger partial charge in [0.05, 0.1) is 17.7 Å². The summed E-state index contributed by atoms with van der Waals surface area (Å²) in [6.07, 6.45) is 1.40. The lowest BCUT2D eigenvalue weighted by atomic mass is 10.1.